The average Bonchev–Trinajstić information content (AvgIpc) is 3.27. The van der Waals surface area contributed by atoms with E-state index in [9.17, 15) is 0 Å². The van der Waals surface area contributed by atoms with Crippen LogP contribution in [0.4, 0.5) is 0 Å². The van der Waals surface area contributed by atoms with Crippen LogP contribution in [0, 0.1) is 0 Å². The summed E-state index contributed by atoms with van der Waals surface area (Å²) in [5, 5.41) is 6.71. The normalized spacial score (nSPS) is 15.4. The summed E-state index contributed by atoms with van der Waals surface area (Å²) in [5.41, 5.74) is 2.59. The largest absolute Gasteiger partial charge is 0.467 e. The number of nitrogens with one attached hydrogen (secondary N) is 2. The van der Waals surface area contributed by atoms with Gasteiger partial charge in [-0.2, -0.15) is 0 Å². The first-order chi connectivity index (χ1) is 14.3. The molecular weight excluding hydrogens is 368 g/mol. The third kappa shape index (κ3) is 7.89. The Balaban J connectivity index is 1.32. The summed E-state index contributed by atoms with van der Waals surface area (Å²) in [5.74, 6) is 1.65. The van der Waals surface area contributed by atoms with Gasteiger partial charge in [-0.3, -0.25) is 9.89 Å². The molecule has 2 aromatic rings. The molecular formula is C22H32N4O3. The Kier molecular flexibility index (Phi) is 9.03. The Bertz CT molecular complexity index is 727. The molecule has 3 rings (SSSR count). The van der Waals surface area contributed by atoms with E-state index < -0.39 is 0 Å². The Morgan fingerprint density at radius 2 is 2.00 bits per heavy atom. The van der Waals surface area contributed by atoms with Gasteiger partial charge in [-0.15, -0.1) is 0 Å². The number of hydrogen-bond donors (Lipinski definition) is 2. The first-order valence-electron chi connectivity index (χ1n) is 10.3. The lowest BCUT2D eigenvalue weighted by Gasteiger charge is -2.26. The summed E-state index contributed by atoms with van der Waals surface area (Å²) < 4.78 is 16.3. The van der Waals surface area contributed by atoms with E-state index in [2.05, 4.69) is 44.8 Å². The van der Waals surface area contributed by atoms with E-state index in [1.54, 1.807) is 13.3 Å². The van der Waals surface area contributed by atoms with Gasteiger partial charge < -0.3 is 24.5 Å². The van der Waals surface area contributed by atoms with Crippen molar-refractivity contribution >= 4 is 5.96 Å². The number of morpholine rings is 1. The van der Waals surface area contributed by atoms with Crippen molar-refractivity contribution in [1.82, 2.24) is 15.5 Å². The molecule has 2 N–H and O–H groups in total. The smallest absolute Gasteiger partial charge is 0.191 e. The van der Waals surface area contributed by atoms with Crippen molar-refractivity contribution in [2.45, 2.75) is 26.1 Å². The zero-order valence-corrected chi connectivity index (χ0v) is 17.2. The number of rotatable bonds is 10. The zero-order chi connectivity index (χ0) is 20.2. The van der Waals surface area contributed by atoms with Gasteiger partial charge in [-0.05, 0) is 29.7 Å². The van der Waals surface area contributed by atoms with Crippen LogP contribution in [0.15, 0.2) is 52.1 Å². The molecule has 29 heavy (non-hydrogen) atoms. The first kappa shape index (κ1) is 21.4. The Labute approximate surface area is 173 Å². The summed E-state index contributed by atoms with van der Waals surface area (Å²) >= 11 is 0. The van der Waals surface area contributed by atoms with E-state index in [4.69, 9.17) is 13.9 Å². The summed E-state index contributed by atoms with van der Waals surface area (Å²) in [6, 6.07) is 12.5. The molecule has 1 aliphatic heterocycles. The fourth-order valence-electron chi connectivity index (χ4n) is 3.21. The summed E-state index contributed by atoms with van der Waals surface area (Å²) in [4.78, 5) is 6.73. The highest BCUT2D eigenvalue weighted by Crippen LogP contribution is 2.10. The SMILES string of the molecule is CN=C(NCCCOCc1ccco1)NCc1cccc(CN2CCOCC2)c1. The molecule has 7 nitrogen and oxygen atoms in total. The minimum absolute atomic E-state index is 0.515. The molecule has 1 aromatic carbocycles. The van der Waals surface area contributed by atoms with Crippen LogP contribution in [0.3, 0.4) is 0 Å². The van der Waals surface area contributed by atoms with Crippen molar-refractivity contribution < 1.29 is 13.9 Å². The first-order valence-corrected chi connectivity index (χ1v) is 10.3. The van der Waals surface area contributed by atoms with Crippen molar-refractivity contribution in [3.63, 3.8) is 0 Å². The number of ether oxygens (including phenoxy) is 2. The quantitative estimate of drug-likeness (QED) is 0.363. The molecule has 0 amide bonds. The number of nitrogens with zero attached hydrogens (tertiary/aromatic N) is 2. The summed E-state index contributed by atoms with van der Waals surface area (Å²) in [6.07, 6.45) is 2.56. The van der Waals surface area contributed by atoms with Gasteiger partial charge in [-0.25, -0.2) is 0 Å². The Morgan fingerprint density at radius 1 is 1.14 bits per heavy atom. The minimum atomic E-state index is 0.515. The summed E-state index contributed by atoms with van der Waals surface area (Å²) in [7, 11) is 1.79. The third-order valence-corrected chi connectivity index (χ3v) is 4.77. The highest BCUT2D eigenvalue weighted by Gasteiger charge is 2.10. The maximum Gasteiger partial charge on any atom is 0.191 e. The van der Waals surface area contributed by atoms with Crippen molar-refractivity contribution in [1.29, 1.82) is 0 Å². The molecule has 1 saturated heterocycles. The van der Waals surface area contributed by atoms with E-state index in [1.807, 2.05) is 12.1 Å². The van der Waals surface area contributed by atoms with Crippen molar-refractivity contribution in [2.24, 2.45) is 4.99 Å². The van der Waals surface area contributed by atoms with Crippen LogP contribution in [0.2, 0.25) is 0 Å². The molecule has 0 atom stereocenters. The fraction of sp³-hybridized carbons (Fsp3) is 0.500. The molecule has 0 spiro atoms. The number of guanidine groups is 1. The van der Waals surface area contributed by atoms with Gasteiger partial charge in [0, 0.05) is 46.4 Å². The Morgan fingerprint density at radius 3 is 2.79 bits per heavy atom. The number of benzene rings is 1. The second kappa shape index (κ2) is 12.3. The van der Waals surface area contributed by atoms with Crippen LogP contribution in [0.25, 0.3) is 0 Å². The van der Waals surface area contributed by atoms with Crippen LogP contribution in [-0.4, -0.2) is 57.4 Å². The molecule has 0 radical (unpaired) electrons. The Hall–Kier alpha value is -2.35. The van der Waals surface area contributed by atoms with E-state index in [0.717, 1.165) is 64.1 Å². The van der Waals surface area contributed by atoms with Gasteiger partial charge in [-0.1, -0.05) is 24.3 Å². The average molecular weight is 401 g/mol. The molecule has 0 aliphatic carbocycles. The van der Waals surface area contributed by atoms with Gasteiger partial charge in [0.25, 0.3) is 0 Å². The molecule has 1 aliphatic rings. The lowest BCUT2D eigenvalue weighted by molar-refractivity contribution is 0.0342. The molecule has 0 unspecified atom stereocenters. The van der Waals surface area contributed by atoms with Crippen molar-refractivity contribution in [2.75, 3.05) is 46.5 Å². The van der Waals surface area contributed by atoms with Gasteiger partial charge in [0.2, 0.25) is 0 Å². The van der Waals surface area contributed by atoms with E-state index in [0.29, 0.717) is 13.2 Å². The number of aliphatic imine (C=N–C) groups is 1. The molecule has 158 valence electrons. The van der Waals surface area contributed by atoms with Gasteiger partial charge in [0.05, 0.1) is 19.5 Å². The second-order valence-electron chi connectivity index (χ2n) is 7.05. The number of hydrogen-bond acceptors (Lipinski definition) is 5. The highest BCUT2D eigenvalue weighted by molar-refractivity contribution is 5.79. The molecule has 2 heterocycles. The zero-order valence-electron chi connectivity index (χ0n) is 17.2. The minimum Gasteiger partial charge on any atom is -0.467 e. The molecule has 7 heteroatoms. The van der Waals surface area contributed by atoms with Crippen molar-refractivity contribution in [3.05, 3.63) is 59.5 Å². The van der Waals surface area contributed by atoms with Gasteiger partial charge in [0.15, 0.2) is 5.96 Å². The van der Waals surface area contributed by atoms with Gasteiger partial charge in [0.1, 0.15) is 12.4 Å². The number of furan rings is 1. The fourth-order valence-corrected chi connectivity index (χ4v) is 3.21. The van der Waals surface area contributed by atoms with Crippen molar-refractivity contribution in [3.8, 4) is 0 Å². The van der Waals surface area contributed by atoms with E-state index in [-0.39, 0.29) is 0 Å². The molecule has 0 bridgehead atoms. The standard InChI is InChI=1S/C22H32N4O3/c1-23-22(24-8-4-11-28-18-21-7-3-12-29-21)25-16-19-5-2-6-20(15-19)17-26-9-13-27-14-10-26/h2-3,5-7,12,15H,4,8-11,13-14,16-18H2,1H3,(H2,23,24,25). The maximum absolute atomic E-state index is 5.59. The monoisotopic (exact) mass is 400 g/mol. The lowest BCUT2D eigenvalue weighted by atomic mass is 10.1. The van der Waals surface area contributed by atoms with Gasteiger partial charge >= 0.3 is 0 Å². The molecule has 1 fully saturated rings. The van der Waals surface area contributed by atoms with Crippen LogP contribution in [-0.2, 0) is 29.2 Å². The summed E-state index contributed by atoms with van der Waals surface area (Å²) in [6.45, 7) is 7.38. The van der Waals surface area contributed by atoms with E-state index >= 15 is 0 Å². The molecule has 1 aromatic heterocycles. The highest BCUT2D eigenvalue weighted by atomic mass is 16.5. The lowest BCUT2D eigenvalue weighted by Crippen LogP contribution is -2.37. The maximum atomic E-state index is 5.59. The van der Waals surface area contributed by atoms with Crippen LogP contribution in [0.5, 0.6) is 0 Å². The van der Waals surface area contributed by atoms with E-state index in [1.165, 1.54) is 11.1 Å². The second-order valence-corrected chi connectivity index (χ2v) is 7.05. The van der Waals surface area contributed by atoms with Crippen LogP contribution in [0.1, 0.15) is 23.3 Å². The topological polar surface area (TPSA) is 71.3 Å². The van der Waals surface area contributed by atoms with Crippen LogP contribution >= 0.6 is 0 Å². The van der Waals surface area contributed by atoms with Crippen LogP contribution < -0.4 is 10.6 Å². The third-order valence-electron chi connectivity index (χ3n) is 4.77. The predicted molar refractivity (Wildman–Crippen MR) is 114 cm³/mol. The molecule has 0 saturated carbocycles. The predicted octanol–water partition coefficient (Wildman–Crippen LogP) is 2.38.